The third-order valence-corrected chi connectivity index (χ3v) is 8.39. The van der Waals surface area contributed by atoms with E-state index in [9.17, 15) is 13.2 Å². The van der Waals surface area contributed by atoms with Crippen LogP contribution in [0, 0.1) is 0 Å². The minimum atomic E-state index is -3.04. The normalized spacial score (nSPS) is 18.2. The number of fused-ring (bicyclic) bond motifs is 1. The van der Waals surface area contributed by atoms with Gasteiger partial charge in [0, 0.05) is 56.3 Å². The number of anilines is 2. The van der Waals surface area contributed by atoms with Gasteiger partial charge >= 0.3 is 6.03 Å². The summed E-state index contributed by atoms with van der Waals surface area (Å²) in [5.41, 5.74) is 9.03. The first kappa shape index (κ1) is 24.1. The van der Waals surface area contributed by atoms with Crippen molar-refractivity contribution >= 4 is 38.5 Å². The highest BCUT2D eigenvalue weighted by Gasteiger charge is 2.29. The Bertz CT molecular complexity index is 1370. The maximum absolute atomic E-state index is 13.0. The topological polar surface area (TPSA) is 122 Å². The van der Waals surface area contributed by atoms with Crippen LogP contribution in [0.4, 0.5) is 16.6 Å². The quantitative estimate of drug-likeness (QED) is 0.569. The van der Waals surface area contributed by atoms with Crippen molar-refractivity contribution in [3.8, 4) is 16.9 Å². The molecule has 2 aliphatic rings. The van der Waals surface area contributed by atoms with Gasteiger partial charge in [0.15, 0.2) is 9.84 Å². The largest absolute Gasteiger partial charge is 0.496 e. The van der Waals surface area contributed by atoms with Gasteiger partial charge in [-0.25, -0.2) is 18.2 Å². The summed E-state index contributed by atoms with van der Waals surface area (Å²) in [7, 11) is -1.40. The van der Waals surface area contributed by atoms with Crippen molar-refractivity contribution in [1.29, 1.82) is 0 Å². The van der Waals surface area contributed by atoms with Crippen LogP contribution < -0.4 is 15.4 Å². The van der Waals surface area contributed by atoms with E-state index in [-0.39, 0.29) is 30.6 Å². The van der Waals surface area contributed by atoms with Gasteiger partial charge in [0.25, 0.3) is 0 Å². The van der Waals surface area contributed by atoms with E-state index < -0.39 is 9.84 Å². The summed E-state index contributed by atoms with van der Waals surface area (Å²) in [5.74, 6) is 1.67. The van der Waals surface area contributed by atoms with Crippen LogP contribution in [0.1, 0.15) is 6.42 Å². The molecular weight excluding hydrogens is 480 g/mol. The van der Waals surface area contributed by atoms with Crippen LogP contribution in [0.15, 0.2) is 42.5 Å². The number of hydrogen-bond donors (Lipinski definition) is 1. The van der Waals surface area contributed by atoms with Crippen molar-refractivity contribution in [2.75, 3.05) is 68.5 Å². The first-order chi connectivity index (χ1) is 17.3. The lowest BCUT2D eigenvalue weighted by molar-refractivity contribution is 0.159. The van der Waals surface area contributed by atoms with Gasteiger partial charge in [-0.05, 0) is 18.1 Å². The van der Waals surface area contributed by atoms with Gasteiger partial charge < -0.3 is 25.2 Å². The number of urea groups is 1. The monoisotopic (exact) mass is 510 g/mol. The molecule has 1 aromatic heterocycles. The Labute approximate surface area is 210 Å². The predicted molar refractivity (Wildman–Crippen MR) is 140 cm³/mol. The Kier molecular flexibility index (Phi) is 6.57. The molecule has 0 saturated carbocycles. The second-order valence-electron chi connectivity index (χ2n) is 9.09. The molecule has 0 unspecified atom stereocenters. The molecule has 5 rings (SSSR count). The molecule has 2 amide bonds. The lowest BCUT2D eigenvalue weighted by atomic mass is 10.0. The number of rotatable bonds is 3. The van der Waals surface area contributed by atoms with Crippen LogP contribution in [-0.4, -0.2) is 92.1 Å². The number of hydrogen-bond acceptors (Lipinski definition) is 8. The molecule has 0 atom stereocenters. The molecular formula is C25H30N6O4S. The molecule has 0 bridgehead atoms. The molecule has 2 fully saturated rings. The number of carbonyl (C=O) groups excluding carboxylic acids is 1. The zero-order valence-corrected chi connectivity index (χ0v) is 21.1. The average Bonchev–Trinajstić information content (AvgIpc) is 3.14. The Morgan fingerprint density at radius 1 is 0.944 bits per heavy atom. The van der Waals surface area contributed by atoms with Gasteiger partial charge in [0.05, 0.1) is 24.1 Å². The summed E-state index contributed by atoms with van der Waals surface area (Å²) in [6.45, 7) is 2.83. The number of carbonyl (C=O) groups is 1. The summed E-state index contributed by atoms with van der Waals surface area (Å²) in [5, 5.41) is 0.755. The number of nitrogens with two attached hydrogens (primary N) is 1. The van der Waals surface area contributed by atoms with Crippen LogP contribution in [0.3, 0.4) is 0 Å². The summed E-state index contributed by atoms with van der Waals surface area (Å²) in [6.07, 6.45) is 0.745. The molecule has 2 aliphatic heterocycles. The van der Waals surface area contributed by atoms with Gasteiger partial charge in [-0.3, -0.25) is 0 Å². The number of sulfone groups is 1. The van der Waals surface area contributed by atoms with E-state index in [1.807, 2.05) is 47.4 Å². The first-order valence-corrected chi connectivity index (χ1v) is 13.9. The molecule has 0 spiro atoms. The fraction of sp³-hybridized carbons (Fsp3) is 0.400. The maximum Gasteiger partial charge on any atom is 0.320 e. The molecule has 10 nitrogen and oxygen atoms in total. The predicted octanol–water partition coefficient (Wildman–Crippen LogP) is 2.25. The van der Waals surface area contributed by atoms with Crippen molar-refractivity contribution in [3.63, 3.8) is 0 Å². The Balaban J connectivity index is 1.36. The van der Waals surface area contributed by atoms with Gasteiger partial charge in [0.2, 0.25) is 5.95 Å². The number of benzene rings is 2. The lowest BCUT2D eigenvalue weighted by Gasteiger charge is -2.32. The molecule has 3 aromatic rings. The number of nitrogens with zero attached hydrogens (tertiary/aromatic N) is 5. The van der Waals surface area contributed by atoms with E-state index in [0.717, 1.165) is 22.9 Å². The minimum Gasteiger partial charge on any atom is -0.496 e. The summed E-state index contributed by atoms with van der Waals surface area (Å²) >= 11 is 0. The third kappa shape index (κ3) is 4.88. The summed E-state index contributed by atoms with van der Waals surface area (Å²) < 4.78 is 29.1. The fourth-order valence-corrected chi connectivity index (χ4v) is 5.93. The summed E-state index contributed by atoms with van der Waals surface area (Å²) in [4.78, 5) is 27.8. The van der Waals surface area contributed by atoms with E-state index in [4.69, 9.17) is 15.5 Å². The van der Waals surface area contributed by atoms with Gasteiger partial charge in [-0.2, -0.15) is 4.98 Å². The van der Waals surface area contributed by atoms with Crippen molar-refractivity contribution in [2.45, 2.75) is 6.42 Å². The first-order valence-electron chi connectivity index (χ1n) is 12.0. The molecule has 36 heavy (non-hydrogen) atoms. The fourth-order valence-electron chi connectivity index (χ4n) is 4.73. The van der Waals surface area contributed by atoms with Gasteiger partial charge in [-0.15, -0.1) is 0 Å². The molecule has 0 aliphatic carbocycles. The summed E-state index contributed by atoms with van der Waals surface area (Å²) in [6, 6.07) is 13.7. The lowest BCUT2D eigenvalue weighted by Crippen LogP contribution is -2.50. The van der Waals surface area contributed by atoms with Crippen LogP contribution in [0.5, 0.6) is 5.75 Å². The number of amides is 2. The molecule has 2 saturated heterocycles. The third-order valence-electron chi connectivity index (χ3n) is 6.78. The Morgan fingerprint density at radius 3 is 2.39 bits per heavy atom. The zero-order chi connectivity index (χ0) is 25.3. The number of aromatic nitrogens is 2. The van der Waals surface area contributed by atoms with E-state index in [0.29, 0.717) is 49.2 Å². The molecule has 2 aromatic carbocycles. The minimum absolute atomic E-state index is 0.0262. The molecule has 11 heteroatoms. The second kappa shape index (κ2) is 9.81. The zero-order valence-electron chi connectivity index (χ0n) is 20.3. The van der Waals surface area contributed by atoms with Crippen molar-refractivity contribution in [1.82, 2.24) is 19.8 Å². The van der Waals surface area contributed by atoms with Crippen LogP contribution in [0.2, 0.25) is 0 Å². The average molecular weight is 511 g/mol. The van der Waals surface area contributed by atoms with Crippen LogP contribution >= 0.6 is 0 Å². The molecule has 190 valence electrons. The number of methoxy groups -OCH3 is 1. The highest BCUT2D eigenvalue weighted by atomic mass is 32.2. The second-order valence-corrected chi connectivity index (χ2v) is 11.4. The van der Waals surface area contributed by atoms with E-state index in [1.165, 1.54) is 0 Å². The standard InChI is InChI=1S/C25H30N6O4S/c1-35-22-17-21-20(16-19(22)18-6-3-2-4-7-18)23(26)28-24(27-21)29-8-5-9-30(11-10-29)25(32)31-12-14-36(33,34)15-13-31/h2-4,6-7,16-17H,5,8-15H2,1H3,(H2,26,27,28). The van der Waals surface area contributed by atoms with Crippen LogP contribution in [0.25, 0.3) is 22.0 Å². The van der Waals surface area contributed by atoms with Gasteiger partial charge in [-0.1, -0.05) is 30.3 Å². The highest BCUT2D eigenvalue weighted by Crippen LogP contribution is 2.35. The van der Waals surface area contributed by atoms with Crippen molar-refractivity contribution in [2.24, 2.45) is 0 Å². The van der Waals surface area contributed by atoms with E-state index >= 15 is 0 Å². The van der Waals surface area contributed by atoms with E-state index in [2.05, 4.69) is 4.98 Å². The highest BCUT2D eigenvalue weighted by molar-refractivity contribution is 7.91. The molecule has 0 radical (unpaired) electrons. The number of nitrogen functional groups attached to an aromatic ring is 1. The van der Waals surface area contributed by atoms with E-state index in [1.54, 1.807) is 16.9 Å². The SMILES string of the molecule is COc1cc2nc(N3CCCN(C(=O)N4CCS(=O)(=O)CC4)CC3)nc(N)c2cc1-c1ccccc1. The maximum atomic E-state index is 13.0. The van der Waals surface area contributed by atoms with Crippen molar-refractivity contribution in [3.05, 3.63) is 42.5 Å². The Morgan fingerprint density at radius 2 is 1.67 bits per heavy atom. The van der Waals surface area contributed by atoms with Crippen LogP contribution in [-0.2, 0) is 9.84 Å². The number of ether oxygens (including phenoxy) is 1. The Hall–Kier alpha value is -3.60. The smallest absolute Gasteiger partial charge is 0.320 e. The molecule has 3 heterocycles. The van der Waals surface area contributed by atoms with Gasteiger partial charge in [0.1, 0.15) is 11.6 Å². The van der Waals surface area contributed by atoms with Crippen molar-refractivity contribution < 1.29 is 17.9 Å². The molecule has 2 N–H and O–H groups in total.